The van der Waals surface area contributed by atoms with E-state index in [4.69, 9.17) is 4.74 Å². The highest BCUT2D eigenvalue weighted by Gasteiger charge is 2.33. The summed E-state index contributed by atoms with van der Waals surface area (Å²) in [4.78, 5) is 27.2. The Labute approximate surface area is 253 Å². The van der Waals surface area contributed by atoms with Crippen LogP contribution < -0.4 is 14.4 Å². The van der Waals surface area contributed by atoms with Crippen molar-refractivity contribution in [3.63, 3.8) is 0 Å². The van der Waals surface area contributed by atoms with E-state index in [0.29, 0.717) is 31.0 Å². The largest absolute Gasteiger partial charge is 0.489 e. The molecule has 0 radical (unpaired) electrons. The number of ether oxygens (including phenoxy) is 1. The summed E-state index contributed by atoms with van der Waals surface area (Å²) in [5, 5.41) is 18.5. The number of anilines is 1. The summed E-state index contributed by atoms with van der Waals surface area (Å²) in [6.07, 6.45) is 3.71. The van der Waals surface area contributed by atoms with E-state index >= 15 is 0 Å². The maximum atomic E-state index is 12.8. The first-order chi connectivity index (χ1) is 20.3. The molecule has 2 aromatic carbocycles. The number of nitriles is 1. The molecule has 0 aromatic heterocycles. The number of hydrogen-bond donors (Lipinski definition) is 2. The van der Waals surface area contributed by atoms with Gasteiger partial charge in [-0.05, 0) is 68.3 Å². The fourth-order valence-corrected chi connectivity index (χ4v) is 5.71. The number of carboxylic acids is 1. The van der Waals surface area contributed by atoms with Crippen LogP contribution >= 0.6 is 0 Å². The van der Waals surface area contributed by atoms with Crippen molar-refractivity contribution in [1.82, 2.24) is 13.9 Å². The summed E-state index contributed by atoms with van der Waals surface area (Å²) in [6, 6.07) is 11.4. The van der Waals surface area contributed by atoms with Crippen molar-refractivity contribution in [1.29, 1.82) is 5.26 Å². The van der Waals surface area contributed by atoms with Crippen LogP contribution in [0.3, 0.4) is 0 Å². The summed E-state index contributed by atoms with van der Waals surface area (Å²) in [5.74, 6) is 4.42. The van der Waals surface area contributed by atoms with Crippen LogP contribution in [0.15, 0.2) is 54.1 Å². The first-order valence-electron chi connectivity index (χ1n) is 13.8. The lowest BCUT2D eigenvalue weighted by Crippen LogP contribution is -2.55. The molecule has 1 aliphatic heterocycles. The molecule has 228 valence electrons. The fraction of sp³-hybridized carbons (Fsp3) is 0.387. The van der Waals surface area contributed by atoms with Crippen LogP contribution in [-0.2, 0) is 15.0 Å². The van der Waals surface area contributed by atoms with Gasteiger partial charge in [-0.2, -0.15) is 22.7 Å². The molecule has 0 bridgehead atoms. The molecule has 1 atom stereocenters. The average molecular weight is 608 g/mol. The van der Waals surface area contributed by atoms with E-state index in [0.717, 1.165) is 21.7 Å². The molecule has 1 fully saturated rings. The van der Waals surface area contributed by atoms with Crippen molar-refractivity contribution in [2.75, 3.05) is 44.7 Å². The van der Waals surface area contributed by atoms with Gasteiger partial charge in [0.2, 0.25) is 0 Å². The lowest BCUT2D eigenvalue weighted by atomic mass is 10.1. The van der Waals surface area contributed by atoms with Crippen molar-refractivity contribution in [3.8, 4) is 23.8 Å². The Bertz CT molecular complexity index is 1560. The zero-order valence-electron chi connectivity index (χ0n) is 25.0. The average Bonchev–Trinajstić information content (AvgIpc) is 2.98. The molecular weight excluding hydrogens is 570 g/mol. The lowest BCUT2D eigenvalue weighted by Gasteiger charge is -2.36. The Hall–Kier alpha value is -4.36. The first-order valence-corrected chi connectivity index (χ1v) is 15.2. The van der Waals surface area contributed by atoms with E-state index in [1.807, 2.05) is 50.4 Å². The second-order valence-electron chi connectivity index (χ2n) is 10.6. The second-order valence-corrected chi connectivity index (χ2v) is 12.3. The number of hydrogen-bond acceptors (Lipinski definition) is 7. The molecule has 12 heteroatoms. The van der Waals surface area contributed by atoms with Crippen LogP contribution in [0.5, 0.6) is 5.75 Å². The molecule has 1 saturated heterocycles. The van der Waals surface area contributed by atoms with E-state index in [9.17, 15) is 28.4 Å². The van der Waals surface area contributed by atoms with Crippen LogP contribution in [0.2, 0.25) is 0 Å². The molecule has 11 nitrogen and oxygen atoms in total. The number of carbonyl (C=O) groups excluding carboxylic acids is 1. The number of amides is 1. The molecule has 0 unspecified atom stereocenters. The monoisotopic (exact) mass is 607 g/mol. The minimum atomic E-state index is -3.94. The predicted octanol–water partition coefficient (Wildman–Crippen LogP) is 3.05. The van der Waals surface area contributed by atoms with E-state index in [-0.39, 0.29) is 18.7 Å². The number of nitrogens with one attached hydrogen (secondary N) is 1. The van der Waals surface area contributed by atoms with Gasteiger partial charge in [-0.25, -0.2) is 4.90 Å². The molecule has 3 rings (SSSR count). The van der Waals surface area contributed by atoms with Gasteiger partial charge >= 0.3 is 5.97 Å². The topological polar surface area (TPSA) is 143 Å². The van der Waals surface area contributed by atoms with Crippen LogP contribution in [0, 0.1) is 29.2 Å². The smallest absolute Gasteiger partial charge is 0.322 e. The Morgan fingerprint density at radius 1 is 1.07 bits per heavy atom. The highest BCUT2D eigenvalue weighted by molar-refractivity contribution is 7.87. The number of rotatable bonds is 10. The molecule has 1 aliphatic rings. The van der Waals surface area contributed by atoms with Crippen molar-refractivity contribution in [2.24, 2.45) is 5.92 Å². The third-order valence-electron chi connectivity index (χ3n) is 6.77. The molecular formula is C31H37N5O6S. The highest BCUT2D eigenvalue weighted by atomic mass is 32.2. The molecule has 2 aromatic rings. The number of benzene rings is 2. The van der Waals surface area contributed by atoms with Gasteiger partial charge in [0.15, 0.2) is 6.19 Å². The molecule has 0 aliphatic carbocycles. The van der Waals surface area contributed by atoms with E-state index in [1.54, 1.807) is 32.0 Å². The SMILES string of the molecule is CC(C)=CCOc1ccc(C#Cc2ccc(N3CCN(S(=O)(=O)N[C@@H](C(=O)O)C(C)C)CC3)cc2)cc1C(=O)N(C)C#N. The molecule has 1 amide bonds. The lowest BCUT2D eigenvalue weighted by molar-refractivity contribution is -0.140. The van der Waals surface area contributed by atoms with Gasteiger partial charge in [-0.1, -0.05) is 31.3 Å². The Morgan fingerprint density at radius 3 is 2.23 bits per heavy atom. The summed E-state index contributed by atoms with van der Waals surface area (Å²) < 4.78 is 34.8. The zero-order chi connectivity index (χ0) is 31.7. The fourth-order valence-electron chi connectivity index (χ4n) is 4.22. The third-order valence-corrected chi connectivity index (χ3v) is 8.36. The molecule has 1 heterocycles. The molecule has 43 heavy (non-hydrogen) atoms. The number of piperazine rings is 1. The molecule has 0 spiro atoms. The highest BCUT2D eigenvalue weighted by Crippen LogP contribution is 2.23. The van der Waals surface area contributed by atoms with Gasteiger partial charge in [-0.3, -0.25) is 9.59 Å². The Kier molecular flexibility index (Phi) is 11.3. The summed E-state index contributed by atoms with van der Waals surface area (Å²) >= 11 is 0. The maximum absolute atomic E-state index is 12.8. The van der Waals surface area contributed by atoms with Crippen molar-refractivity contribution in [3.05, 3.63) is 70.8 Å². The second kappa shape index (κ2) is 14.7. The summed E-state index contributed by atoms with van der Waals surface area (Å²) in [6.45, 7) is 8.83. The third kappa shape index (κ3) is 9.06. The zero-order valence-corrected chi connectivity index (χ0v) is 25.8. The Balaban J connectivity index is 1.68. The van der Waals surface area contributed by atoms with Crippen LogP contribution in [0.4, 0.5) is 5.69 Å². The Morgan fingerprint density at radius 2 is 1.67 bits per heavy atom. The number of carbonyl (C=O) groups is 2. The minimum absolute atomic E-state index is 0.220. The summed E-state index contributed by atoms with van der Waals surface area (Å²) in [5.41, 5.74) is 3.56. The number of aliphatic carboxylic acids is 1. The molecule has 2 N–H and O–H groups in total. The van der Waals surface area contributed by atoms with Gasteiger partial charge < -0.3 is 14.7 Å². The van der Waals surface area contributed by atoms with Gasteiger partial charge in [0.05, 0.1) is 5.56 Å². The van der Waals surface area contributed by atoms with E-state index < -0.39 is 34.0 Å². The van der Waals surface area contributed by atoms with E-state index in [2.05, 4.69) is 21.5 Å². The van der Waals surface area contributed by atoms with Gasteiger partial charge in [0.25, 0.3) is 16.1 Å². The number of allylic oxidation sites excluding steroid dienone is 1. The van der Waals surface area contributed by atoms with Crippen molar-refractivity contribution in [2.45, 2.75) is 33.7 Å². The normalized spacial score (nSPS) is 14.2. The van der Waals surface area contributed by atoms with Gasteiger partial charge in [0, 0.05) is 50.0 Å². The van der Waals surface area contributed by atoms with Crippen LogP contribution in [0.1, 0.15) is 49.2 Å². The predicted molar refractivity (Wildman–Crippen MR) is 164 cm³/mol. The first kappa shape index (κ1) is 33.1. The van der Waals surface area contributed by atoms with Gasteiger partial charge in [-0.15, -0.1) is 0 Å². The van der Waals surface area contributed by atoms with Crippen molar-refractivity contribution >= 4 is 27.8 Å². The van der Waals surface area contributed by atoms with Crippen LogP contribution in [0.25, 0.3) is 0 Å². The van der Waals surface area contributed by atoms with E-state index in [1.165, 1.54) is 11.4 Å². The maximum Gasteiger partial charge on any atom is 0.322 e. The quantitative estimate of drug-likeness (QED) is 0.182. The minimum Gasteiger partial charge on any atom is -0.489 e. The number of nitrogens with zero attached hydrogens (tertiary/aromatic N) is 4. The van der Waals surface area contributed by atoms with Gasteiger partial charge in [0.1, 0.15) is 18.4 Å². The summed E-state index contributed by atoms with van der Waals surface area (Å²) in [7, 11) is -2.55. The standard InChI is InChI=1S/C31H37N5O6S/c1-22(2)14-19-42-28-13-10-25(20-27(28)30(37)34(5)21-32)7-6-24-8-11-26(12-9-24)35-15-17-36(18-16-35)43(40,41)33-29(23(3)4)31(38)39/h8-14,20,23,29,33H,15-19H2,1-5H3,(H,38,39)/t29-/m1/s1. The molecule has 0 saturated carbocycles. The van der Waals surface area contributed by atoms with Crippen molar-refractivity contribution < 1.29 is 27.9 Å². The number of carboxylic acid groups (broad SMARTS) is 1. The van der Waals surface area contributed by atoms with Crippen LogP contribution in [-0.4, -0.2) is 80.5 Å².